The van der Waals surface area contributed by atoms with Crippen molar-refractivity contribution >= 4 is 5.91 Å². The zero-order valence-corrected chi connectivity index (χ0v) is 11.1. The maximum atomic E-state index is 13.0. The highest BCUT2D eigenvalue weighted by molar-refractivity contribution is 5.92. The van der Waals surface area contributed by atoms with Crippen molar-refractivity contribution in [3.05, 3.63) is 53.1 Å². The molecule has 3 rings (SSSR count). The number of aryl methyl sites for hydroxylation is 2. The monoisotopic (exact) mass is 273 g/mol. The predicted octanol–water partition coefficient (Wildman–Crippen LogP) is 2.29. The summed E-state index contributed by atoms with van der Waals surface area (Å²) in [6.45, 7) is 1.19. The van der Waals surface area contributed by atoms with Crippen LogP contribution >= 0.6 is 0 Å². The first kappa shape index (κ1) is 12.8. The largest absolute Gasteiger partial charge is 0.347 e. The Morgan fingerprint density at radius 2 is 2.25 bits per heavy atom. The molecule has 1 aliphatic heterocycles. The third-order valence-electron chi connectivity index (χ3n) is 3.49. The van der Waals surface area contributed by atoms with Crippen molar-refractivity contribution in [2.75, 3.05) is 0 Å². The van der Waals surface area contributed by atoms with Crippen LogP contribution in [0.1, 0.15) is 34.6 Å². The number of nitrogens with one attached hydrogen (secondary N) is 1. The van der Waals surface area contributed by atoms with Gasteiger partial charge in [0, 0.05) is 18.8 Å². The van der Waals surface area contributed by atoms with Gasteiger partial charge in [0.1, 0.15) is 11.5 Å². The lowest BCUT2D eigenvalue weighted by molar-refractivity contribution is 0.0945. The summed E-state index contributed by atoms with van der Waals surface area (Å²) in [5.74, 6) is -0.509. The van der Waals surface area contributed by atoms with Crippen molar-refractivity contribution in [3.8, 4) is 0 Å². The number of hydrogen-bond acceptors (Lipinski definition) is 2. The van der Waals surface area contributed by atoms with Crippen LogP contribution in [0.2, 0.25) is 0 Å². The molecule has 0 spiro atoms. The standard InChI is InChI=1S/C15H16FN3O/c16-12-5-3-4-11(8-12)10-17-15(20)14-9-13-6-1-2-7-19(13)18-14/h3-5,8-9H,1-2,6-7,10H2,(H,17,20). The molecular weight excluding hydrogens is 257 g/mol. The van der Waals surface area contributed by atoms with Gasteiger partial charge < -0.3 is 5.32 Å². The van der Waals surface area contributed by atoms with Gasteiger partial charge in [-0.1, -0.05) is 12.1 Å². The second kappa shape index (κ2) is 5.45. The molecule has 0 unspecified atom stereocenters. The Bertz CT molecular complexity index is 612. The molecule has 1 aromatic carbocycles. The third-order valence-corrected chi connectivity index (χ3v) is 3.49. The number of carbonyl (C=O) groups excluding carboxylic acids is 1. The van der Waals surface area contributed by atoms with E-state index < -0.39 is 0 Å². The second-order valence-corrected chi connectivity index (χ2v) is 5.01. The lowest BCUT2D eigenvalue weighted by atomic mass is 10.1. The van der Waals surface area contributed by atoms with E-state index in [9.17, 15) is 9.18 Å². The molecule has 0 aliphatic carbocycles. The van der Waals surface area contributed by atoms with E-state index in [0.717, 1.165) is 37.1 Å². The van der Waals surface area contributed by atoms with Crippen LogP contribution in [0.15, 0.2) is 30.3 Å². The van der Waals surface area contributed by atoms with Crippen LogP contribution in [0.4, 0.5) is 4.39 Å². The molecule has 0 fully saturated rings. The summed E-state index contributed by atoms with van der Waals surface area (Å²) in [7, 11) is 0. The van der Waals surface area contributed by atoms with Crippen LogP contribution in [0, 0.1) is 5.82 Å². The van der Waals surface area contributed by atoms with Crippen molar-refractivity contribution in [2.24, 2.45) is 0 Å². The highest BCUT2D eigenvalue weighted by Gasteiger charge is 2.16. The van der Waals surface area contributed by atoms with Crippen LogP contribution in [0.25, 0.3) is 0 Å². The smallest absolute Gasteiger partial charge is 0.272 e. The zero-order chi connectivity index (χ0) is 13.9. The van der Waals surface area contributed by atoms with Gasteiger partial charge in [0.15, 0.2) is 0 Å². The van der Waals surface area contributed by atoms with E-state index in [0.29, 0.717) is 12.2 Å². The molecule has 20 heavy (non-hydrogen) atoms. The molecule has 1 aliphatic rings. The van der Waals surface area contributed by atoms with Crippen LogP contribution in [-0.2, 0) is 19.5 Å². The van der Waals surface area contributed by atoms with Gasteiger partial charge in [-0.15, -0.1) is 0 Å². The summed E-state index contributed by atoms with van der Waals surface area (Å²) in [5, 5.41) is 7.08. The molecule has 2 heterocycles. The Hall–Kier alpha value is -2.17. The molecule has 1 N–H and O–H groups in total. The fourth-order valence-electron chi connectivity index (χ4n) is 2.45. The quantitative estimate of drug-likeness (QED) is 0.932. The Morgan fingerprint density at radius 1 is 1.35 bits per heavy atom. The molecule has 0 radical (unpaired) electrons. The summed E-state index contributed by atoms with van der Waals surface area (Å²) in [4.78, 5) is 12.0. The predicted molar refractivity (Wildman–Crippen MR) is 72.7 cm³/mol. The van der Waals surface area contributed by atoms with Crippen molar-refractivity contribution in [1.29, 1.82) is 0 Å². The van der Waals surface area contributed by atoms with Crippen molar-refractivity contribution in [1.82, 2.24) is 15.1 Å². The minimum absolute atomic E-state index is 0.212. The summed E-state index contributed by atoms with van der Waals surface area (Å²) in [5.41, 5.74) is 2.30. The van der Waals surface area contributed by atoms with E-state index in [4.69, 9.17) is 0 Å². The van der Waals surface area contributed by atoms with Crippen molar-refractivity contribution in [3.63, 3.8) is 0 Å². The fraction of sp³-hybridized carbons (Fsp3) is 0.333. The molecule has 1 amide bonds. The highest BCUT2D eigenvalue weighted by atomic mass is 19.1. The minimum Gasteiger partial charge on any atom is -0.347 e. The van der Waals surface area contributed by atoms with Gasteiger partial charge in [-0.25, -0.2) is 4.39 Å². The third kappa shape index (κ3) is 2.71. The van der Waals surface area contributed by atoms with Crippen LogP contribution in [-0.4, -0.2) is 15.7 Å². The van der Waals surface area contributed by atoms with Gasteiger partial charge in [-0.2, -0.15) is 5.10 Å². The normalized spacial score (nSPS) is 13.8. The van der Waals surface area contributed by atoms with Gasteiger partial charge in [0.25, 0.3) is 5.91 Å². The molecule has 0 saturated carbocycles. The number of amides is 1. The van der Waals surface area contributed by atoms with E-state index in [1.807, 2.05) is 10.7 Å². The summed E-state index contributed by atoms with van der Waals surface area (Å²) in [6.07, 6.45) is 3.24. The number of rotatable bonds is 3. The zero-order valence-electron chi connectivity index (χ0n) is 11.1. The number of fused-ring (bicyclic) bond motifs is 1. The molecule has 4 nitrogen and oxygen atoms in total. The molecule has 1 aromatic heterocycles. The van der Waals surface area contributed by atoms with E-state index in [2.05, 4.69) is 10.4 Å². The topological polar surface area (TPSA) is 46.9 Å². The van der Waals surface area contributed by atoms with E-state index in [1.54, 1.807) is 12.1 Å². The summed E-state index contributed by atoms with van der Waals surface area (Å²) in [6, 6.07) is 8.06. The van der Waals surface area contributed by atoms with Gasteiger partial charge in [-0.05, 0) is 43.0 Å². The average molecular weight is 273 g/mol. The average Bonchev–Trinajstić information content (AvgIpc) is 2.89. The summed E-state index contributed by atoms with van der Waals surface area (Å²) >= 11 is 0. The first-order chi connectivity index (χ1) is 9.72. The first-order valence-electron chi connectivity index (χ1n) is 6.82. The maximum absolute atomic E-state index is 13.0. The lowest BCUT2D eigenvalue weighted by Gasteiger charge is -2.11. The summed E-state index contributed by atoms with van der Waals surface area (Å²) < 4.78 is 14.9. The SMILES string of the molecule is O=C(NCc1cccc(F)c1)c1cc2n(n1)CCCC2. The van der Waals surface area contributed by atoms with Gasteiger partial charge >= 0.3 is 0 Å². The number of halogens is 1. The van der Waals surface area contributed by atoms with E-state index in [-0.39, 0.29) is 11.7 Å². The molecule has 2 aromatic rings. The van der Waals surface area contributed by atoms with Crippen LogP contribution < -0.4 is 5.32 Å². The van der Waals surface area contributed by atoms with Gasteiger partial charge in [0.05, 0.1) is 0 Å². The fourth-order valence-corrected chi connectivity index (χ4v) is 2.45. The molecule has 0 bridgehead atoms. The Morgan fingerprint density at radius 3 is 3.05 bits per heavy atom. The Kier molecular flexibility index (Phi) is 3.50. The van der Waals surface area contributed by atoms with Crippen LogP contribution in [0.5, 0.6) is 0 Å². The number of hydrogen-bond donors (Lipinski definition) is 1. The Labute approximate surface area is 116 Å². The van der Waals surface area contributed by atoms with Crippen molar-refractivity contribution < 1.29 is 9.18 Å². The molecule has 104 valence electrons. The second-order valence-electron chi connectivity index (χ2n) is 5.01. The number of benzene rings is 1. The number of nitrogens with zero attached hydrogens (tertiary/aromatic N) is 2. The van der Waals surface area contributed by atoms with Gasteiger partial charge in [0.2, 0.25) is 0 Å². The molecule has 0 saturated heterocycles. The van der Waals surface area contributed by atoms with Crippen molar-refractivity contribution in [2.45, 2.75) is 32.4 Å². The first-order valence-corrected chi connectivity index (χ1v) is 6.82. The van der Waals surface area contributed by atoms with Crippen LogP contribution in [0.3, 0.4) is 0 Å². The van der Waals surface area contributed by atoms with E-state index >= 15 is 0 Å². The molecule has 0 atom stereocenters. The Balaban J connectivity index is 1.66. The lowest BCUT2D eigenvalue weighted by Crippen LogP contribution is -2.23. The van der Waals surface area contributed by atoms with E-state index in [1.165, 1.54) is 12.1 Å². The van der Waals surface area contributed by atoms with Gasteiger partial charge in [-0.3, -0.25) is 9.48 Å². The number of aromatic nitrogens is 2. The minimum atomic E-state index is -0.297. The highest BCUT2D eigenvalue weighted by Crippen LogP contribution is 2.15. The molecule has 5 heteroatoms. The maximum Gasteiger partial charge on any atom is 0.272 e. The molecular formula is C15H16FN3O. The number of carbonyl (C=O) groups is 1.